The third kappa shape index (κ3) is 2.28. The number of aromatic nitrogens is 4. The second-order valence-corrected chi connectivity index (χ2v) is 5.38. The molecule has 0 atom stereocenters. The molecule has 0 spiro atoms. The number of nitrogens with zero attached hydrogens (tertiary/aromatic N) is 4. The summed E-state index contributed by atoms with van der Waals surface area (Å²) in [6, 6.07) is 3.46. The summed E-state index contributed by atoms with van der Waals surface area (Å²) in [4.78, 5) is 24.6. The molecule has 7 heteroatoms. The molecule has 0 unspecified atom stereocenters. The maximum atomic E-state index is 12.2. The Morgan fingerprint density at radius 2 is 1.95 bits per heavy atom. The quantitative estimate of drug-likeness (QED) is 0.646. The molecular weight excluding hydrogens is 311 g/mol. The van der Waals surface area contributed by atoms with E-state index in [1.165, 1.54) is 10.8 Å². The van der Waals surface area contributed by atoms with Crippen molar-refractivity contribution >= 4 is 34.2 Å². The topological polar surface area (TPSA) is 60.7 Å². The highest BCUT2D eigenvalue weighted by molar-refractivity contribution is 6.41. The maximum Gasteiger partial charge on any atom is 0.353 e. The average Bonchev–Trinajstić information content (AvgIpc) is 2.43. The van der Waals surface area contributed by atoms with Crippen molar-refractivity contribution in [3.8, 4) is 5.69 Å². The first-order valence-corrected chi connectivity index (χ1v) is 6.91. The van der Waals surface area contributed by atoms with Crippen molar-refractivity contribution in [2.24, 2.45) is 0 Å². The lowest BCUT2D eigenvalue weighted by Crippen LogP contribution is -2.23. The van der Waals surface area contributed by atoms with E-state index in [1.807, 2.05) is 19.9 Å². The molecule has 3 aromatic rings. The van der Waals surface area contributed by atoms with Gasteiger partial charge >= 0.3 is 5.69 Å². The van der Waals surface area contributed by atoms with Gasteiger partial charge in [-0.2, -0.15) is 0 Å². The predicted octanol–water partition coefficient (Wildman–Crippen LogP) is 3.10. The molecule has 0 aliphatic carbocycles. The molecule has 0 aliphatic heterocycles. The average molecular weight is 321 g/mol. The van der Waals surface area contributed by atoms with Crippen LogP contribution in [0.2, 0.25) is 10.2 Å². The number of hydrogen-bond donors (Lipinski definition) is 0. The van der Waals surface area contributed by atoms with Crippen LogP contribution in [0, 0.1) is 13.8 Å². The minimum atomic E-state index is -0.437. The lowest BCUT2D eigenvalue weighted by atomic mass is 10.2. The van der Waals surface area contributed by atoms with Gasteiger partial charge in [-0.25, -0.2) is 19.3 Å². The first kappa shape index (κ1) is 14.0. The highest BCUT2D eigenvalue weighted by atomic mass is 35.5. The summed E-state index contributed by atoms with van der Waals surface area (Å²) < 4.78 is 1.41. The van der Waals surface area contributed by atoms with Gasteiger partial charge in [0.05, 0.1) is 16.4 Å². The molecule has 0 saturated heterocycles. The Morgan fingerprint density at radius 1 is 1.19 bits per heavy atom. The number of halogens is 2. The van der Waals surface area contributed by atoms with Gasteiger partial charge in [-0.3, -0.25) is 4.98 Å². The molecule has 0 aliphatic rings. The van der Waals surface area contributed by atoms with E-state index in [9.17, 15) is 4.79 Å². The molecular formula is C14H10Cl2N4O. The van der Waals surface area contributed by atoms with Crippen LogP contribution < -0.4 is 5.69 Å². The van der Waals surface area contributed by atoms with Crippen molar-refractivity contribution in [3.05, 3.63) is 56.4 Å². The van der Waals surface area contributed by atoms with Crippen molar-refractivity contribution in [1.29, 1.82) is 0 Å². The zero-order valence-electron chi connectivity index (χ0n) is 11.3. The van der Waals surface area contributed by atoms with Crippen LogP contribution >= 0.6 is 23.2 Å². The standard InChI is InChI=1S/C14H10Cl2N4O/c1-7-3-4-17-8(2)11(7)20-13-9(6-18-14(20)21)5-10(15)12(16)19-13/h3-6H,1-2H3. The maximum absolute atomic E-state index is 12.2. The third-order valence-electron chi connectivity index (χ3n) is 3.19. The number of pyridine rings is 2. The Morgan fingerprint density at radius 3 is 2.67 bits per heavy atom. The fraction of sp³-hybridized carbons (Fsp3) is 0.143. The molecule has 106 valence electrons. The van der Waals surface area contributed by atoms with Crippen molar-refractivity contribution in [2.75, 3.05) is 0 Å². The minimum Gasteiger partial charge on any atom is -0.259 e. The van der Waals surface area contributed by atoms with E-state index in [4.69, 9.17) is 23.2 Å². The number of hydrogen-bond acceptors (Lipinski definition) is 4. The van der Waals surface area contributed by atoms with Crippen molar-refractivity contribution in [3.63, 3.8) is 0 Å². The normalized spacial score (nSPS) is 11.0. The summed E-state index contributed by atoms with van der Waals surface area (Å²) in [5.41, 5.74) is 2.23. The van der Waals surface area contributed by atoms with Gasteiger partial charge in [-0.05, 0) is 31.5 Å². The molecule has 0 amide bonds. The molecule has 0 N–H and O–H groups in total. The van der Waals surface area contributed by atoms with Gasteiger partial charge in [-0.15, -0.1) is 0 Å². The Balaban J connectivity index is 2.50. The Bertz CT molecular complexity index is 900. The SMILES string of the molecule is Cc1ccnc(C)c1-n1c(=O)ncc2cc(Cl)c(Cl)nc21. The number of rotatable bonds is 1. The van der Waals surface area contributed by atoms with Gasteiger partial charge in [0.2, 0.25) is 0 Å². The van der Waals surface area contributed by atoms with Crippen LogP contribution in [0.1, 0.15) is 11.3 Å². The molecule has 0 radical (unpaired) electrons. The second-order valence-electron chi connectivity index (χ2n) is 4.61. The second kappa shape index (κ2) is 5.09. The molecule has 0 aromatic carbocycles. The lowest BCUT2D eigenvalue weighted by molar-refractivity contribution is 0.910. The summed E-state index contributed by atoms with van der Waals surface area (Å²) in [7, 11) is 0. The van der Waals surface area contributed by atoms with Gasteiger partial charge in [0, 0.05) is 17.8 Å². The largest absolute Gasteiger partial charge is 0.353 e. The summed E-state index contributed by atoms with van der Waals surface area (Å²) in [5.74, 6) is 0. The number of aryl methyl sites for hydroxylation is 2. The van der Waals surface area contributed by atoms with Gasteiger partial charge in [0.1, 0.15) is 5.15 Å². The van der Waals surface area contributed by atoms with Crippen LogP contribution in [0.3, 0.4) is 0 Å². The summed E-state index contributed by atoms with van der Waals surface area (Å²) in [6.45, 7) is 3.72. The Labute approximate surface area is 130 Å². The zero-order valence-corrected chi connectivity index (χ0v) is 12.8. The Kier molecular flexibility index (Phi) is 3.39. The highest BCUT2D eigenvalue weighted by Crippen LogP contribution is 2.25. The smallest absolute Gasteiger partial charge is 0.259 e. The van der Waals surface area contributed by atoms with Crippen molar-refractivity contribution in [2.45, 2.75) is 13.8 Å². The fourth-order valence-electron chi connectivity index (χ4n) is 2.24. The molecule has 0 fully saturated rings. The van der Waals surface area contributed by atoms with Gasteiger partial charge in [0.25, 0.3) is 0 Å². The van der Waals surface area contributed by atoms with Crippen LogP contribution in [0.25, 0.3) is 16.7 Å². The van der Waals surface area contributed by atoms with Crippen LogP contribution in [0.5, 0.6) is 0 Å². The number of fused-ring (bicyclic) bond motifs is 1. The molecule has 0 bridgehead atoms. The summed E-state index contributed by atoms with van der Waals surface area (Å²) in [5, 5.41) is 1.09. The van der Waals surface area contributed by atoms with E-state index < -0.39 is 5.69 Å². The first-order chi connectivity index (χ1) is 9.99. The fourth-order valence-corrected chi connectivity index (χ4v) is 2.54. The zero-order chi connectivity index (χ0) is 15.1. The van der Waals surface area contributed by atoms with Gasteiger partial charge in [-0.1, -0.05) is 23.2 Å². The molecule has 21 heavy (non-hydrogen) atoms. The van der Waals surface area contributed by atoms with E-state index in [-0.39, 0.29) is 5.15 Å². The van der Waals surface area contributed by atoms with Gasteiger partial charge < -0.3 is 0 Å². The Hall–Kier alpha value is -1.98. The van der Waals surface area contributed by atoms with E-state index in [0.29, 0.717) is 27.4 Å². The predicted molar refractivity (Wildman–Crippen MR) is 82.4 cm³/mol. The van der Waals surface area contributed by atoms with Crippen LogP contribution in [-0.2, 0) is 0 Å². The molecule has 0 saturated carbocycles. The van der Waals surface area contributed by atoms with E-state index in [0.717, 1.165) is 5.56 Å². The van der Waals surface area contributed by atoms with Crippen LogP contribution in [-0.4, -0.2) is 19.5 Å². The van der Waals surface area contributed by atoms with E-state index in [1.54, 1.807) is 12.3 Å². The lowest BCUT2D eigenvalue weighted by Gasteiger charge is -2.13. The van der Waals surface area contributed by atoms with Crippen LogP contribution in [0.15, 0.2) is 29.3 Å². The molecule has 5 nitrogen and oxygen atoms in total. The van der Waals surface area contributed by atoms with Crippen LogP contribution in [0.4, 0.5) is 0 Å². The monoisotopic (exact) mass is 320 g/mol. The first-order valence-electron chi connectivity index (χ1n) is 6.15. The minimum absolute atomic E-state index is 0.141. The summed E-state index contributed by atoms with van der Waals surface area (Å²) >= 11 is 12.0. The molecule has 3 rings (SSSR count). The third-order valence-corrected chi connectivity index (χ3v) is 3.86. The van der Waals surface area contributed by atoms with E-state index >= 15 is 0 Å². The van der Waals surface area contributed by atoms with Crippen molar-refractivity contribution in [1.82, 2.24) is 19.5 Å². The van der Waals surface area contributed by atoms with Gasteiger partial charge in [0.15, 0.2) is 5.65 Å². The molecule has 3 heterocycles. The van der Waals surface area contributed by atoms with E-state index in [2.05, 4.69) is 15.0 Å². The highest BCUT2D eigenvalue weighted by Gasteiger charge is 2.14. The van der Waals surface area contributed by atoms with Crippen molar-refractivity contribution < 1.29 is 0 Å². The summed E-state index contributed by atoms with van der Waals surface area (Å²) in [6.07, 6.45) is 3.12. The molecule has 3 aromatic heterocycles.